The van der Waals surface area contributed by atoms with Gasteiger partial charge in [-0.1, -0.05) is 0 Å². The van der Waals surface area contributed by atoms with Gasteiger partial charge >= 0.3 is 0 Å². The van der Waals surface area contributed by atoms with Crippen LogP contribution in [0.2, 0.25) is 0 Å². The van der Waals surface area contributed by atoms with Crippen LogP contribution in [0.4, 0.5) is 0 Å². The molecule has 1 aromatic rings. The lowest BCUT2D eigenvalue weighted by Crippen LogP contribution is -2.22. The summed E-state index contributed by atoms with van der Waals surface area (Å²) in [5.41, 5.74) is 5.29. The maximum Gasteiger partial charge on any atom is 0.243 e. The summed E-state index contributed by atoms with van der Waals surface area (Å²) in [4.78, 5) is 15.9. The molecule has 0 aliphatic heterocycles. The summed E-state index contributed by atoms with van der Waals surface area (Å²) in [6.07, 6.45) is 1.42. The van der Waals surface area contributed by atoms with Crippen molar-refractivity contribution in [1.29, 1.82) is 5.26 Å². The Balaban J connectivity index is 2.68. The summed E-state index contributed by atoms with van der Waals surface area (Å²) in [6, 6.07) is 2.10. The van der Waals surface area contributed by atoms with Crippen LogP contribution < -0.4 is 5.48 Å². The molecule has 0 aromatic carbocycles. The summed E-state index contributed by atoms with van der Waals surface area (Å²) < 4.78 is 1.82. The fraction of sp³-hybridized carbons (Fsp3) is 0.583. The molecule has 1 heterocycles. The molecule has 6 nitrogen and oxygen atoms in total. The van der Waals surface area contributed by atoms with E-state index in [1.54, 1.807) is 0 Å². The quantitative estimate of drug-likeness (QED) is 0.764. The Hall–Kier alpha value is -1.87. The van der Waals surface area contributed by atoms with Gasteiger partial charge in [0.1, 0.15) is 0 Å². The molecule has 0 atom stereocenters. The van der Waals surface area contributed by atoms with Crippen molar-refractivity contribution in [3.05, 3.63) is 17.0 Å². The zero-order valence-corrected chi connectivity index (χ0v) is 11.0. The average Bonchev–Trinajstić information content (AvgIpc) is 2.60. The SMILES string of the molecule is CONC(=O)CCc1c(C)nn(CCC#N)c1C. The lowest BCUT2D eigenvalue weighted by Gasteiger charge is -2.04. The number of aromatic nitrogens is 2. The molecule has 0 spiro atoms. The largest absolute Gasteiger partial charge is 0.277 e. The number of carbonyl (C=O) groups is 1. The molecule has 0 aliphatic carbocycles. The lowest BCUT2D eigenvalue weighted by molar-refractivity contribution is -0.131. The van der Waals surface area contributed by atoms with Crippen molar-refractivity contribution in [3.8, 4) is 6.07 Å². The van der Waals surface area contributed by atoms with Gasteiger partial charge < -0.3 is 0 Å². The summed E-state index contributed by atoms with van der Waals surface area (Å²) >= 11 is 0. The Morgan fingerprint density at radius 1 is 1.56 bits per heavy atom. The second-order valence-corrected chi connectivity index (χ2v) is 4.01. The van der Waals surface area contributed by atoms with Crippen LogP contribution in [0.1, 0.15) is 29.8 Å². The number of rotatable bonds is 6. The number of hydrogen-bond acceptors (Lipinski definition) is 4. The molecule has 0 aliphatic rings. The van der Waals surface area contributed by atoms with E-state index < -0.39 is 0 Å². The zero-order valence-electron chi connectivity index (χ0n) is 11.0. The van der Waals surface area contributed by atoms with Crippen LogP contribution in [0.3, 0.4) is 0 Å². The van der Waals surface area contributed by atoms with Crippen LogP contribution in [0, 0.1) is 25.2 Å². The first-order valence-corrected chi connectivity index (χ1v) is 5.81. The third-order valence-electron chi connectivity index (χ3n) is 2.78. The van der Waals surface area contributed by atoms with Crippen LogP contribution >= 0.6 is 0 Å². The monoisotopic (exact) mass is 250 g/mol. The molecule has 0 radical (unpaired) electrons. The summed E-state index contributed by atoms with van der Waals surface area (Å²) in [6.45, 7) is 4.47. The van der Waals surface area contributed by atoms with Crippen LogP contribution in [0.15, 0.2) is 0 Å². The Morgan fingerprint density at radius 3 is 2.89 bits per heavy atom. The number of nitrogens with zero attached hydrogens (tertiary/aromatic N) is 3. The van der Waals surface area contributed by atoms with Gasteiger partial charge in [-0.25, -0.2) is 5.48 Å². The summed E-state index contributed by atoms with van der Waals surface area (Å²) in [5, 5.41) is 12.9. The van der Waals surface area contributed by atoms with E-state index in [-0.39, 0.29) is 5.91 Å². The Bertz CT molecular complexity index is 459. The number of nitrogens with one attached hydrogen (secondary N) is 1. The average molecular weight is 250 g/mol. The molecule has 18 heavy (non-hydrogen) atoms. The van der Waals surface area contributed by atoms with Crippen molar-refractivity contribution >= 4 is 5.91 Å². The summed E-state index contributed by atoms with van der Waals surface area (Å²) in [5.74, 6) is -0.152. The van der Waals surface area contributed by atoms with Gasteiger partial charge in [0.15, 0.2) is 0 Å². The fourth-order valence-corrected chi connectivity index (χ4v) is 1.87. The van der Waals surface area contributed by atoms with E-state index >= 15 is 0 Å². The Morgan fingerprint density at radius 2 is 2.28 bits per heavy atom. The van der Waals surface area contributed by atoms with Gasteiger partial charge in [0.2, 0.25) is 5.91 Å². The van der Waals surface area contributed by atoms with E-state index in [4.69, 9.17) is 5.26 Å². The molecule has 1 amide bonds. The highest BCUT2D eigenvalue weighted by molar-refractivity contribution is 5.75. The Labute approximate surface area is 106 Å². The number of aryl methyl sites for hydroxylation is 2. The van der Waals surface area contributed by atoms with Crippen LogP contribution in [-0.4, -0.2) is 22.8 Å². The molecule has 98 valence electrons. The van der Waals surface area contributed by atoms with E-state index in [1.165, 1.54) is 7.11 Å². The minimum atomic E-state index is -0.152. The first kappa shape index (κ1) is 14.2. The van der Waals surface area contributed by atoms with Crippen molar-refractivity contribution in [2.75, 3.05) is 7.11 Å². The highest BCUT2D eigenvalue weighted by atomic mass is 16.6. The third kappa shape index (κ3) is 3.57. The maximum absolute atomic E-state index is 11.3. The van der Waals surface area contributed by atoms with Crippen molar-refractivity contribution in [2.24, 2.45) is 0 Å². The lowest BCUT2D eigenvalue weighted by atomic mass is 10.1. The number of carbonyl (C=O) groups excluding carboxylic acids is 1. The molecule has 1 rings (SSSR count). The number of amides is 1. The standard InChI is InChI=1S/C12H18N4O2/c1-9-11(5-6-12(17)15-18-3)10(2)16(14-9)8-4-7-13/h4-6,8H2,1-3H3,(H,15,17). The first-order chi connectivity index (χ1) is 8.60. The molecule has 6 heteroatoms. The van der Waals surface area contributed by atoms with Gasteiger partial charge in [-0.2, -0.15) is 10.4 Å². The van der Waals surface area contributed by atoms with Crippen LogP contribution in [0.5, 0.6) is 0 Å². The normalized spacial score (nSPS) is 10.1. The van der Waals surface area contributed by atoms with Gasteiger partial charge in [-0.15, -0.1) is 0 Å². The van der Waals surface area contributed by atoms with E-state index in [2.05, 4.69) is 21.5 Å². The van der Waals surface area contributed by atoms with Crippen molar-refractivity contribution in [2.45, 2.75) is 39.7 Å². The molecule has 0 unspecified atom stereocenters. The van der Waals surface area contributed by atoms with Crippen LogP contribution in [0.25, 0.3) is 0 Å². The highest BCUT2D eigenvalue weighted by Gasteiger charge is 2.12. The smallest absolute Gasteiger partial charge is 0.243 e. The van der Waals surface area contributed by atoms with Crippen molar-refractivity contribution < 1.29 is 9.63 Å². The number of hydrogen-bond donors (Lipinski definition) is 1. The molecule has 0 saturated heterocycles. The van der Waals surface area contributed by atoms with Gasteiger partial charge in [0.05, 0.1) is 31.8 Å². The van der Waals surface area contributed by atoms with E-state index in [9.17, 15) is 4.79 Å². The Kier molecular flexibility index (Phi) is 5.33. The molecular weight excluding hydrogens is 232 g/mol. The van der Waals surface area contributed by atoms with Crippen molar-refractivity contribution in [1.82, 2.24) is 15.3 Å². The predicted molar refractivity (Wildman–Crippen MR) is 65.4 cm³/mol. The highest BCUT2D eigenvalue weighted by Crippen LogP contribution is 2.15. The minimum Gasteiger partial charge on any atom is -0.277 e. The molecule has 0 bridgehead atoms. The zero-order chi connectivity index (χ0) is 13.5. The topological polar surface area (TPSA) is 79.9 Å². The molecule has 1 aromatic heterocycles. The maximum atomic E-state index is 11.3. The number of nitriles is 1. The van der Waals surface area contributed by atoms with Gasteiger partial charge in [-0.05, 0) is 25.8 Å². The second kappa shape index (κ2) is 6.77. The minimum absolute atomic E-state index is 0.152. The number of hydroxylamine groups is 1. The molecular formula is C12H18N4O2. The second-order valence-electron chi connectivity index (χ2n) is 4.01. The van der Waals surface area contributed by atoms with E-state index in [1.807, 2.05) is 18.5 Å². The van der Waals surface area contributed by atoms with Gasteiger partial charge in [0, 0.05) is 12.1 Å². The van der Waals surface area contributed by atoms with Crippen LogP contribution in [-0.2, 0) is 22.6 Å². The predicted octanol–water partition coefficient (Wildman–Crippen LogP) is 1.02. The molecule has 1 N–H and O–H groups in total. The summed E-state index contributed by atoms with van der Waals surface area (Å²) in [7, 11) is 1.41. The van der Waals surface area contributed by atoms with E-state index in [0.29, 0.717) is 25.8 Å². The van der Waals surface area contributed by atoms with E-state index in [0.717, 1.165) is 17.0 Å². The van der Waals surface area contributed by atoms with Crippen molar-refractivity contribution in [3.63, 3.8) is 0 Å². The molecule has 0 fully saturated rings. The van der Waals surface area contributed by atoms with Gasteiger partial charge in [-0.3, -0.25) is 14.3 Å². The first-order valence-electron chi connectivity index (χ1n) is 5.81. The molecule has 0 saturated carbocycles. The fourth-order valence-electron chi connectivity index (χ4n) is 1.87. The third-order valence-corrected chi connectivity index (χ3v) is 2.78. The van der Waals surface area contributed by atoms with Gasteiger partial charge in [0.25, 0.3) is 0 Å².